The lowest BCUT2D eigenvalue weighted by atomic mass is 10.1. The summed E-state index contributed by atoms with van der Waals surface area (Å²) in [5.41, 5.74) is -1.27. The molecule has 11 nitrogen and oxygen atoms in total. The zero-order valence-corrected chi connectivity index (χ0v) is 20.8. The number of amides is 1. The molecule has 208 valence electrons. The highest BCUT2D eigenvalue weighted by atomic mass is 32.2. The van der Waals surface area contributed by atoms with Crippen molar-refractivity contribution in [1.82, 2.24) is 9.88 Å². The van der Waals surface area contributed by atoms with Crippen molar-refractivity contribution in [3.05, 3.63) is 58.0 Å². The van der Waals surface area contributed by atoms with Gasteiger partial charge in [0.05, 0.1) is 12.2 Å². The lowest BCUT2D eigenvalue weighted by Gasteiger charge is -2.22. The van der Waals surface area contributed by atoms with Crippen LogP contribution in [-0.4, -0.2) is 54.2 Å². The average molecular weight is 565 g/mol. The third-order valence-corrected chi connectivity index (χ3v) is 6.45. The lowest BCUT2D eigenvalue weighted by Crippen LogP contribution is -2.48. The Bertz CT molecular complexity index is 1370. The van der Waals surface area contributed by atoms with Crippen LogP contribution in [0.15, 0.2) is 29.2 Å². The summed E-state index contributed by atoms with van der Waals surface area (Å²) in [5.74, 6) is -13.2. The van der Waals surface area contributed by atoms with E-state index in [0.29, 0.717) is 0 Å². The predicted molar refractivity (Wildman–Crippen MR) is 124 cm³/mol. The number of carbonyl (C=O) groups is 3. The molecule has 1 aromatic heterocycles. The molecule has 0 bridgehead atoms. The monoisotopic (exact) mass is 565 g/mol. The van der Waals surface area contributed by atoms with Crippen LogP contribution in [0, 0.1) is 23.3 Å². The van der Waals surface area contributed by atoms with Gasteiger partial charge >= 0.3 is 5.97 Å². The van der Waals surface area contributed by atoms with Crippen molar-refractivity contribution in [2.24, 2.45) is 0 Å². The van der Waals surface area contributed by atoms with Crippen LogP contribution < -0.4 is 20.3 Å². The second-order valence-electron chi connectivity index (χ2n) is 7.78. The molecule has 2 atom stereocenters. The molecule has 16 heteroatoms. The van der Waals surface area contributed by atoms with Crippen LogP contribution in [0.25, 0.3) is 0 Å². The first-order chi connectivity index (χ1) is 17.7. The number of rotatable bonds is 13. The van der Waals surface area contributed by atoms with E-state index in [2.05, 4.69) is 14.8 Å². The van der Waals surface area contributed by atoms with E-state index in [1.807, 2.05) is 0 Å². The Morgan fingerprint density at radius 2 is 1.71 bits per heavy atom. The Labute approximate surface area is 213 Å². The van der Waals surface area contributed by atoms with Gasteiger partial charge in [0, 0.05) is 12.3 Å². The van der Waals surface area contributed by atoms with E-state index >= 15 is 0 Å². The summed E-state index contributed by atoms with van der Waals surface area (Å²) in [6, 6.07) is -0.818. The number of sulfonamides is 1. The highest BCUT2D eigenvalue weighted by Gasteiger charge is 2.30. The number of ketones is 1. The van der Waals surface area contributed by atoms with Gasteiger partial charge in [0.25, 0.3) is 5.56 Å². The standard InChI is InChI=1S/C22H23F4N3O8S/c1-3-15(29-7-5-6-13(22(29)34)28-38(35,36)4-2)21(33)27-14(9-17(31)32)16(30)10-37-20-18(25)11(23)8-12(24)19(20)26/h5-8,14-15,28H,3-4,9-10H2,1-2H3,(H,27,33)(H,31,32)/t14-,15?/m0/s1. The van der Waals surface area contributed by atoms with Gasteiger partial charge in [-0.1, -0.05) is 6.92 Å². The minimum absolute atomic E-state index is 0.0702. The smallest absolute Gasteiger partial charge is 0.305 e. The second kappa shape index (κ2) is 12.5. The number of carbonyl (C=O) groups excluding carboxylic acids is 2. The molecular formula is C22H23F4N3O8S. The molecule has 1 aromatic carbocycles. The molecule has 0 aliphatic heterocycles. The van der Waals surface area contributed by atoms with E-state index in [-0.39, 0.29) is 23.9 Å². The van der Waals surface area contributed by atoms with Crippen LogP contribution in [0.4, 0.5) is 23.2 Å². The topological polar surface area (TPSA) is 161 Å². The highest BCUT2D eigenvalue weighted by molar-refractivity contribution is 7.92. The predicted octanol–water partition coefficient (Wildman–Crippen LogP) is 1.73. The summed E-state index contributed by atoms with van der Waals surface area (Å²) < 4.78 is 85.5. The molecule has 0 aliphatic carbocycles. The zero-order valence-electron chi connectivity index (χ0n) is 20.0. The fourth-order valence-corrected chi connectivity index (χ4v) is 3.83. The van der Waals surface area contributed by atoms with Gasteiger partial charge in [-0.3, -0.25) is 23.9 Å². The van der Waals surface area contributed by atoms with Crippen molar-refractivity contribution in [1.29, 1.82) is 0 Å². The second-order valence-corrected chi connectivity index (χ2v) is 9.79. The number of Topliss-reactive ketones (excluding diaryl/α,β-unsaturated/α-hetero) is 1. The van der Waals surface area contributed by atoms with Crippen molar-refractivity contribution < 1.29 is 50.2 Å². The summed E-state index contributed by atoms with van der Waals surface area (Å²) in [7, 11) is -3.84. The lowest BCUT2D eigenvalue weighted by molar-refractivity contribution is -0.140. The number of hydrogen-bond donors (Lipinski definition) is 3. The third kappa shape index (κ3) is 7.30. The van der Waals surface area contributed by atoms with Crippen molar-refractivity contribution >= 4 is 33.4 Å². The number of nitrogens with zero attached hydrogens (tertiary/aromatic N) is 1. The van der Waals surface area contributed by atoms with Gasteiger partial charge in [-0.25, -0.2) is 17.2 Å². The number of aromatic nitrogens is 1. The van der Waals surface area contributed by atoms with Gasteiger partial charge in [-0.15, -0.1) is 0 Å². The minimum Gasteiger partial charge on any atom is -0.481 e. The highest BCUT2D eigenvalue weighted by Crippen LogP contribution is 2.26. The maximum absolute atomic E-state index is 13.8. The first kappa shape index (κ1) is 30.3. The molecule has 38 heavy (non-hydrogen) atoms. The number of pyridine rings is 1. The van der Waals surface area contributed by atoms with E-state index in [1.165, 1.54) is 26.1 Å². The summed E-state index contributed by atoms with van der Waals surface area (Å²) in [4.78, 5) is 49.5. The summed E-state index contributed by atoms with van der Waals surface area (Å²) >= 11 is 0. The number of anilines is 1. The van der Waals surface area contributed by atoms with Crippen LogP contribution in [0.3, 0.4) is 0 Å². The summed E-state index contributed by atoms with van der Waals surface area (Å²) in [5, 5.41) is 11.2. The van der Waals surface area contributed by atoms with Crippen LogP contribution >= 0.6 is 0 Å². The Balaban J connectivity index is 2.28. The summed E-state index contributed by atoms with van der Waals surface area (Å²) in [6.45, 7) is 1.53. The van der Waals surface area contributed by atoms with E-state index in [9.17, 15) is 45.2 Å². The van der Waals surface area contributed by atoms with E-state index in [0.717, 1.165) is 10.6 Å². The number of benzene rings is 1. The Kier molecular flexibility index (Phi) is 9.98. The molecular weight excluding hydrogens is 542 g/mol. The van der Waals surface area contributed by atoms with Crippen molar-refractivity contribution in [2.45, 2.75) is 38.8 Å². The molecule has 0 radical (unpaired) electrons. The van der Waals surface area contributed by atoms with Crippen LogP contribution in [0.1, 0.15) is 32.7 Å². The quantitative estimate of drug-likeness (QED) is 0.244. The largest absolute Gasteiger partial charge is 0.481 e. The van der Waals surface area contributed by atoms with Crippen molar-refractivity contribution in [2.75, 3.05) is 17.1 Å². The number of carboxylic acid groups (broad SMARTS) is 1. The molecule has 2 aromatic rings. The van der Waals surface area contributed by atoms with Crippen LogP contribution in [0.5, 0.6) is 5.75 Å². The van der Waals surface area contributed by atoms with Crippen molar-refractivity contribution in [3.63, 3.8) is 0 Å². The molecule has 0 saturated carbocycles. The Morgan fingerprint density at radius 3 is 2.24 bits per heavy atom. The number of carboxylic acids is 1. The van der Waals surface area contributed by atoms with Crippen molar-refractivity contribution in [3.8, 4) is 5.75 Å². The number of halogens is 4. The molecule has 0 aliphatic rings. The molecule has 1 unspecified atom stereocenters. The number of ether oxygens (including phenoxy) is 1. The maximum atomic E-state index is 13.8. The first-order valence-electron chi connectivity index (χ1n) is 10.9. The van der Waals surface area contributed by atoms with E-state index in [4.69, 9.17) is 5.11 Å². The molecule has 0 fully saturated rings. The Hall–Kier alpha value is -3.95. The van der Waals surface area contributed by atoms with Gasteiger partial charge < -0.3 is 19.7 Å². The number of hydrogen-bond acceptors (Lipinski definition) is 7. The van der Waals surface area contributed by atoms with Gasteiger partial charge in [-0.2, -0.15) is 8.78 Å². The molecule has 1 amide bonds. The fourth-order valence-electron chi connectivity index (χ4n) is 3.19. The Morgan fingerprint density at radius 1 is 1.11 bits per heavy atom. The van der Waals surface area contributed by atoms with Gasteiger partial charge in [0.1, 0.15) is 24.4 Å². The maximum Gasteiger partial charge on any atom is 0.305 e. The van der Waals surface area contributed by atoms with Gasteiger partial charge in [0.15, 0.2) is 23.2 Å². The number of nitrogens with one attached hydrogen (secondary N) is 2. The molecule has 3 N–H and O–H groups in total. The van der Waals surface area contributed by atoms with Gasteiger partial charge in [0.2, 0.25) is 27.6 Å². The normalized spacial score (nSPS) is 12.9. The van der Waals surface area contributed by atoms with E-state index < -0.39 is 87.4 Å². The van der Waals surface area contributed by atoms with Gasteiger partial charge in [-0.05, 0) is 25.5 Å². The fraction of sp³-hybridized carbons (Fsp3) is 0.364. The molecule has 0 saturated heterocycles. The SMILES string of the molecule is CCC(C(=O)N[C@@H](CC(=O)O)C(=O)COc1c(F)c(F)cc(F)c1F)n1cccc(NS(=O)(=O)CC)c1=O. The van der Waals surface area contributed by atoms with Crippen LogP contribution in [-0.2, 0) is 24.4 Å². The average Bonchev–Trinajstić information content (AvgIpc) is 2.84. The molecule has 0 spiro atoms. The molecule has 1 heterocycles. The molecule has 2 rings (SSSR count). The summed E-state index contributed by atoms with van der Waals surface area (Å²) in [6.07, 6.45) is 0.0816. The number of aliphatic carboxylic acids is 1. The minimum atomic E-state index is -3.84. The third-order valence-electron chi connectivity index (χ3n) is 5.16. The van der Waals surface area contributed by atoms with E-state index in [1.54, 1.807) is 0 Å². The zero-order chi connectivity index (χ0) is 28.8. The first-order valence-corrected chi connectivity index (χ1v) is 12.6. The van der Waals surface area contributed by atoms with Crippen LogP contribution in [0.2, 0.25) is 0 Å².